The summed E-state index contributed by atoms with van der Waals surface area (Å²) < 4.78 is 1.78. The number of ketones is 1. The van der Waals surface area contributed by atoms with Gasteiger partial charge in [0.1, 0.15) is 5.69 Å². The smallest absolute Gasteiger partial charge is 0.297 e. The molecule has 1 aliphatic heterocycles. The fourth-order valence-corrected chi connectivity index (χ4v) is 3.51. The minimum Gasteiger partial charge on any atom is -0.335 e. The number of amides is 2. The third-order valence-corrected chi connectivity index (χ3v) is 5.04. The molecule has 1 fully saturated rings. The zero-order valence-corrected chi connectivity index (χ0v) is 15.5. The maximum Gasteiger partial charge on any atom is 0.297 e. The Kier molecular flexibility index (Phi) is 4.65. The number of hydrogen-bond donors (Lipinski definition) is 0. The molecular formula is C21H20N4O3. The van der Waals surface area contributed by atoms with E-state index in [9.17, 15) is 14.4 Å². The van der Waals surface area contributed by atoms with E-state index in [1.165, 1.54) is 11.2 Å². The third-order valence-electron chi connectivity index (χ3n) is 5.04. The molecule has 0 aliphatic carbocycles. The van der Waals surface area contributed by atoms with Crippen LogP contribution in [0.15, 0.2) is 61.1 Å². The summed E-state index contributed by atoms with van der Waals surface area (Å²) in [5.41, 5.74) is 1.55. The largest absolute Gasteiger partial charge is 0.335 e. The summed E-state index contributed by atoms with van der Waals surface area (Å²) in [5.74, 6) is -1.27. The van der Waals surface area contributed by atoms with E-state index in [2.05, 4.69) is 4.98 Å². The summed E-state index contributed by atoms with van der Waals surface area (Å²) >= 11 is 0. The molecule has 2 amide bonds. The molecule has 0 bridgehead atoms. The average Bonchev–Trinajstić information content (AvgIpc) is 3.20. The van der Waals surface area contributed by atoms with Crippen molar-refractivity contribution in [2.45, 2.75) is 13.0 Å². The van der Waals surface area contributed by atoms with E-state index < -0.39 is 11.7 Å². The summed E-state index contributed by atoms with van der Waals surface area (Å²) in [6.07, 6.45) is 3.35. The molecule has 1 aliphatic rings. The minimum absolute atomic E-state index is 0.0637. The van der Waals surface area contributed by atoms with Gasteiger partial charge in [0, 0.05) is 43.0 Å². The van der Waals surface area contributed by atoms with Gasteiger partial charge in [0.25, 0.3) is 17.6 Å². The van der Waals surface area contributed by atoms with Crippen molar-refractivity contribution in [1.82, 2.24) is 19.2 Å². The summed E-state index contributed by atoms with van der Waals surface area (Å²) in [5, 5.41) is 0. The fourth-order valence-electron chi connectivity index (χ4n) is 3.51. The molecular weight excluding hydrogens is 356 g/mol. The molecule has 0 radical (unpaired) electrons. The Balaban J connectivity index is 1.45. The summed E-state index contributed by atoms with van der Waals surface area (Å²) in [6, 6.07) is 14.1. The topological polar surface area (TPSA) is 75.0 Å². The van der Waals surface area contributed by atoms with E-state index in [1.807, 2.05) is 43.5 Å². The van der Waals surface area contributed by atoms with E-state index in [-0.39, 0.29) is 17.6 Å². The van der Waals surface area contributed by atoms with Crippen molar-refractivity contribution in [2.24, 2.45) is 0 Å². The van der Waals surface area contributed by atoms with Gasteiger partial charge in [-0.15, -0.1) is 0 Å². The number of hydrogen-bond acceptors (Lipinski definition) is 4. The maximum absolute atomic E-state index is 12.8. The Hall–Kier alpha value is -3.48. The van der Waals surface area contributed by atoms with Gasteiger partial charge in [0.2, 0.25) is 0 Å². The van der Waals surface area contributed by atoms with E-state index in [0.29, 0.717) is 25.2 Å². The van der Waals surface area contributed by atoms with E-state index in [1.54, 1.807) is 27.5 Å². The first kappa shape index (κ1) is 17.9. The Bertz CT molecular complexity index is 1040. The van der Waals surface area contributed by atoms with Gasteiger partial charge in [0.15, 0.2) is 0 Å². The molecule has 1 saturated heterocycles. The molecule has 0 saturated carbocycles. The monoisotopic (exact) mass is 376 g/mol. The van der Waals surface area contributed by atoms with Gasteiger partial charge in [-0.2, -0.15) is 0 Å². The first-order valence-electron chi connectivity index (χ1n) is 9.17. The van der Waals surface area contributed by atoms with Crippen LogP contribution < -0.4 is 0 Å². The van der Waals surface area contributed by atoms with Crippen LogP contribution in [0, 0.1) is 0 Å². The lowest BCUT2D eigenvalue weighted by Gasteiger charge is -2.39. The van der Waals surface area contributed by atoms with Crippen LogP contribution in [-0.2, 0) is 4.79 Å². The molecule has 28 heavy (non-hydrogen) atoms. The van der Waals surface area contributed by atoms with Crippen molar-refractivity contribution in [3.05, 3.63) is 72.3 Å². The first-order valence-corrected chi connectivity index (χ1v) is 9.17. The number of carbonyl (C=O) groups is 3. The molecule has 2 aromatic heterocycles. The second kappa shape index (κ2) is 7.26. The van der Waals surface area contributed by atoms with Crippen LogP contribution in [0.3, 0.4) is 0 Å². The molecule has 4 rings (SSSR count). The SMILES string of the molecule is C[C@@H]1CN(C(=O)c2ccccc2)CCN1C(=O)C(=O)c1cc2cccn2cn1. The fraction of sp³-hybridized carbons (Fsp3) is 0.238. The Morgan fingerprint density at radius 2 is 1.82 bits per heavy atom. The number of nitrogens with zero attached hydrogens (tertiary/aromatic N) is 4. The van der Waals surface area contributed by atoms with Crippen LogP contribution in [-0.4, -0.2) is 62.5 Å². The van der Waals surface area contributed by atoms with Crippen molar-refractivity contribution in [1.29, 1.82) is 0 Å². The Morgan fingerprint density at radius 1 is 1.04 bits per heavy atom. The van der Waals surface area contributed by atoms with Gasteiger partial charge in [-0.1, -0.05) is 18.2 Å². The minimum atomic E-state index is -0.626. The van der Waals surface area contributed by atoms with Gasteiger partial charge < -0.3 is 14.2 Å². The lowest BCUT2D eigenvalue weighted by Crippen LogP contribution is -2.56. The molecule has 3 heterocycles. The highest BCUT2D eigenvalue weighted by Crippen LogP contribution is 2.15. The van der Waals surface area contributed by atoms with Crippen molar-refractivity contribution < 1.29 is 14.4 Å². The number of fused-ring (bicyclic) bond motifs is 1. The maximum atomic E-state index is 12.8. The predicted octanol–water partition coefficient (Wildman–Crippen LogP) is 1.89. The highest BCUT2D eigenvalue weighted by atomic mass is 16.2. The first-order chi connectivity index (χ1) is 13.5. The highest BCUT2D eigenvalue weighted by Gasteiger charge is 2.33. The number of Topliss-reactive ketones (excluding diaryl/α,β-unsaturated/α-hetero) is 1. The molecule has 142 valence electrons. The zero-order chi connectivity index (χ0) is 19.7. The second-order valence-electron chi connectivity index (χ2n) is 6.91. The quantitative estimate of drug-likeness (QED) is 0.517. The molecule has 0 unspecified atom stereocenters. The van der Waals surface area contributed by atoms with E-state index in [4.69, 9.17) is 0 Å². The van der Waals surface area contributed by atoms with Gasteiger partial charge in [-0.3, -0.25) is 14.4 Å². The van der Waals surface area contributed by atoms with Crippen LogP contribution in [0.2, 0.25) is 0 Å². The molecule has 0 N–H and O–H groups in total. The number of benzene rings is 1. The number of rotatable bonds is 3. The molecule has 0 spiro atoms. The average molecular weight is 376 g/mol. The van der Waals surface area contributed by atoms with Gasteiger partial charge in [-0.05, 0) is 37.3 Å². The Labute approximate surface area is 162 Å². The zero-order valence-electron chi connectivity index (χ0n) is 15.5. The molecule has 1 atom stereocenters. The lowest BCUT2D eigenvalue weighted by atomic mass is 10.1. The van der Waals surface area contributed by atoms with Crippen LogP contribution in [0.5, 0.6) is 0 Å². The predicted molar refractivity (Wildman–Crippen MR) is 103 cm³/mol. The number of aromatic nitrogens is 2. The summed E-state index contributed by atoms with van der Waals surface area (Å²) in [7, 11) is 0. The molecule has 3 aromatic rings. The second-order valence-corrected chi connectivity index (χ2v) is 6.91. The number of carbonyl (C=O) groups excluding carboxylic acids is 3. The van der Waals surface area contributed by atoms with Gasteiger partial charge in [-0.25, -0.2) is 4.98 Å². The van der Waals surface area contributed by atoms with E-state index >= 15 is 0 Å². The normalized spacial score (nSPS) is 17.0. The van der Waals surface area contributed by atoms with Crippen molar-refractivity contribution in [2.75, 3.05) is 19.6 Å². The lowest BCUT2D eigenvalue weighted by molar-refractivity contribution is -0.130. The van der Waals surface area contributed by atoms with Crippen LogP contribution in [0.4, 0.5) is 0 Å². The van der Waals surface area contributed by atoms with Gasteiger partial charge >= 0.3 is 0 Å². The van der Waals surface area contributed by atoms with Gasteiger partial charge in [0.05, 0.1) is 6.33 Å². The third kappa shape index (κ3) is 3.26. The summed E-state index contributed by atoms with van der Waals surface area (Å²) in [6.45, 7) is 2.94. The van der Waals surface area contributed by atoms with Crippen LogP contribution in [0.25, 0.3) is 5.52 Å². The molecule has 7 heteroatoms. The standard InChI is InChI=1S/C21H20N4O3/c1-15-13-23(20(27)16-6-3-2-4-7-16)10-11-25(15)21(28)19(26)18-12-17-8-5-9-24(17)14-22-18/h2-9,12,14-15H,10-11,13H2,1H3/t15-/m1/s1. The van der Waals surface area contributed by atoms with Crippen LogP contribution in [0.1, 0.15) is 27.8 Å². The van der Waals surface area contributed by atoms with Crippen molar-refractivity contribution in [3.8, 4) is 0 Å². The Morgan fingerprint density at radius 3 is 2.57 bits per heavy atom. The van der Waals surface area contributed by atoms with Crippen molar-refractivity contribution >= 4 is 23.1 Å². The van der Waals surface area contributed by atoms with Crippen molar-refractivity contribution in [3.63, 3.8) is 0 Å². The summed E-state index contributed by atoms with van der Waals surface area (Å²) in [4.78, 5) is 45.4. The number of piperazine rings is 1. The van der Waals surface area contributed by atoms with E-state index in [0.717, 1.165) is 5.52 Å². The molecule has 7 nitrogen and oxygen atoms in total. The highest BCUT2D eigenvalue weighted by molar-refractivity contribution is 6.42. The van der Waals surface area contributed by atoms with Crippen LogP contribution >= 0.6 is 0 Å². The molecule has 1 aromatic carbocycles.